The molecule has 1 unspecified atom stereocenters. The zero-order valence-corrected chi connectivity index (χ0v) is 13.6. The number of hydrogen-bond donors (Lipinski definition) is 0. The molecule has 0 bridgehead atoms. The van der Waals surface area contributed by atoms with Crippen LogP contribution in [0.5, 0.6) is 0 Å². The Bertz CT molecular complexity index is 523. The van der Waals surface area contributed by atoms with Crippen LogP contribution in [-0.4, -0.2) is 22.6 Å². The first-order chi connectivity index (χ1) is 9.53. The fourth-order valence-electron chi connectivity index (χ4n) is 3.97. The van der Waals surface area contributed by atoms with Gasteiger partial charge in [-0.05, 0) is 25.3 Å². The maximum absolute atomic E-state index is 13.0. The largest absolute Gasteiger partial charge is 0.311 e. The Kier molecular flexibility index (Phi) is 3.39. The molecular formula is C16H20BrNO2. The Balaban J connectivity index is 2.03. The van der Waals surface area contributed by atoms with Crippen molar-refractivity contribution < 1.29 is 9.59 Å². The van der Waals surface area contributed by atoms with E-state index in [4.69, 9.17) is 0 Å². The molecule has 0 aromatic carbocycles. The Hall–Kier alpha value is -0.900. The highest BCUT2D eigenvalue weighted by molar-refractivity contribution is 9.11. The van der Waals surface area contributed by atoms with Gasteiger partial charge in [-0.1, -0.05) is 35.9 Å². The maximum Gasteiger partial charge on any atom is 0.233 e. The zero-order valence-electron chi connectivity index (χ0n) is 12.0. The number of carbonyl (C=O) groups excluding carboxylic acids is 2. The quantitative estimate of drug-likeness (QED) is 0.789. The van der Waals surface area contributed by atoms with Crippen LogP contribution in [0, 0.1) is 11.3 Å². The van der Waals surface area contributed by atoms with Crippen LogP contribution in [0.3, 0.4) is 0 Å². The minimum absolute atomic E-state index is 0.0992. The number of Topliss-reactive ketones (excluding diaryl/α,β-unsaturated/α-hetero) is 1. The second-order valence-electron chi connectivity index (χ2n) is 6.09. The van der Waals surface area contributed by atoms with E-state index in [1.165, 1.54) is 0 Å². The van der Waals surface area contributed by atoms with E-state index in [-0.39, 0.29) is 29.1 Å². The fraction of sp³-hybridized carbons (Fsp3) is 0.625. The number of likely N-dealkylation sites (tertiary alicyclic amines) is 1. The molecule has 1 saturated heterocycles. The summed E-state index contributed by atoms with van der Waals surface area (Å²) in [5, 5.41) is 0. The van der Waals surface area contributed by atoms with E-state index in [1.807, 2.05) is 4.90 Å². The van der Waals surface area contributed by atoms with Crippen molar-refractivity contribution in [1.29, 1.82) is 0 Å². The van der Waals surface area contributed by atoms with E-state index in [1.54, 1.807) is 0 Å². The van der Waals surface area contributed by atoms with Crippen molar-refractivity contribution in [3.8, 4) is 0 Å². The topological polar surface area (TPSA) is 37.4 Å². The van der Waals surface area contributed by atoms with Gasteiger partial charge in [0.05, 0.1) is 11.5 Å². The lowest BCUT2D eigenvalue weighted by molar-refractivity contribution is -0.142. The molecule has 4 heteroatoms. The molecule has 0 radical (unpaired) electrons. The molecule has 1 saturated carbocycles. The number of ketones is 1. The van der Waals surface area contributed by atoms with Gasteiger partial charge < -0.3 is 4.90 Å². The second kappa shape index (κ2) is 4.83. The summed E-state index contributed by atoms with van der Waals surface area (Å²) in [6.07, 6.45) is 7.96. The van der Waals surface area contributed by atoms with E-state index in [0.29, 0.717) is 12.8 Å². The van der Waals surface area contributed by atoms with E-state index in [2.05, 4.69) is 41.9 Å². The molecule has 0 aromatic rings. The summed E-state index contributed by atoms with van der Waals surface area (Å²) >= 11 is 3.53. The molecule has 1 aliphatic heterocycles. The molecule has 3 nitrogen and oxygen atoms in total. The molecule has 0 spiro atoms. The third-order valence-corrected chi connectivity index (χ3v) is 5.89. The highest BCUT2D eigenvalue weighted by atomic mass is 79.9. The molecule has 20 heavy (non-hydrogen) atoms. The second-order valence-corrected chi connectivity index (χ2v) is 7.00. The van der Waals surface area contributed by atoms with Crippen LogP contribution < -0.4 is 0 Å². The predicted molar refractivity (Wildman–Crippen MR) is 81.1 cm³/mol. The van der Waals surface area contributed by atoms with E-state index in [0.717, 1.165) is 29.4 Å². The van der Waals surface area contributed by atoms with Gasteiger partial charge in [-0.25, -0.2) is 0 Å². The number of hydrogen-bond acceptors (Lipinski definition) is 2. The molecule has 0 aromatic heterocycles. The molecule has 3 aliphatic rings. The number of amides is 1. The zero-order chi connectivity index (χ0) is 14.5. The molecule has 1 heterocycles. The monoisotopic (exact) mass is 337 g/mol. The SMILES string of the molecule is CCC1(CC)C(=O)N(C2CC(=O)C2)C2=CC(Br)=CCC21. The summed E-state index contributed by atoms with van der Waals surface area (Å²) in [6, 6.07) is 0.0992. The minimum Gasteiger partial charge on any atom is -0.311 e. The lowest BCUT2D eigenvalue weighted by Crippen LogP contribution is -2.47. The van der Waals surface area contributed by atoms with Crippen molar-refractivity contribution in [2.24, 2.45) is 11.3 Å². The molecule has 0 N–H and O–H groups in total. The summed E-state index contributed by atoms with van der Waals surface area (Å²) in [4.78, 5) is 26.3. The number of fused-ring (bicyclic) bond motifs is 1. The van der Waals surface area contributed by atoms with Crippen molar-refractivity contribution in [1.82, 2.24) is 4.90 Å². The summed E-state index contributed by atoms with van der Waals surface area (Å²) in [7, 11) is 0. The van der Waals surface area contributed by atoms with Gasteiger partial charge >= 0.3 is 0 Å². The average Bonchev–Trinajstić information content (AvgIpc) is 2.63. The van der Waals surface area contributed by atoms with Crippen LogP contribution in [0.25, 0.3) is 0 Å². The van der Waals surface area contributed by atoms with Gasteiger partial charge in [0.25, 0.3) is 0 Å². The van der Waals surface area contributed by atoms with Gasteiger partial charge in [0, 0.05) is 28.9 Å². The average molecular weight is 338 g/mol. The third kappa shape index (κ3) is 1.77. The lowest BCUT2D eigenvalue weighted by Gasteiger charge is -2.35. The van der Waals surface area contributed by atoms with E-state index < -0.39 is 0 Å². The van der Waals surface area contributed by atoms with Gasteiger partial charge in [0.15, 0.2) is 0 Å². The van der Waals surface area contributed by atoms with Crippen LogP contribution in [0.1, 0.15) is 46.0 Å². The summed E-state index contributed by atoms with van der Waals surface area (Å²) in [5.74, 6) is 0.796. The summed E-state index contributed by atoms with van der Waals surface area (Å²) in [5.41, 5.74) is 0.861. The third-order valence-electron chi connectivity index (χ3n) is 5.33. The van der Waals surface area contributed by atoms with Crippen LogP contribution >= 0.6 is 15.9 Å². The lowest BCUT2D eigenvalue weighted by atomic mass is 9.70. The van der Waals surface area contributed by atoms with Crippen molar-refractivity contribution in [2.45, 2.75) is 52.0 Å². The van der Waals surface area contributed by atoms with Crippen molar-refractivity contribution in [3.63, 3.8) is 0 Å². The van der Waals surface area contributed by atoms with Crippen LogP contribution in [0.2, 0.25) is 0 Å². The minimum atomic E-state index is -0.269. The van der Waals surface area contributed by atoms with Crippen molar-refractivity contribution in [2.75, 3.05) is 0 Å². The molecule has 1 amide bonds. The molecule has 1 atom stereocenters. The molecule has 3 rings (SSSR count). The van der Waals surface area contributed by atoms with Crippen molar-refractivity contribution in [3.05, 3.63) is 22.3 Å². The Morgan fingerprint density at radius 2 is 1.95 bits per heavy atom. The summed E-state index contributed by atoms with van der Waals surface area (Å²) in [6.45, 7) is 4.23. The highest BCUT2D eigenvalue weighted by Crippen LogP contribution is 2.54. The Morgan fingerprint density at radius 1 is 1.30 bits per heavy atom. The normalized spacial score (nSPS) is 28.9. The first-order valence-electron chi connectivity index (χ1n) is 7.46. The first kappa shape index (κ1) is 14.1. The Labute approximate surface area is 128 Å². The summed E-state index contributed by atoms with van der Waals surface area (Å²) < 4.78 is 1.05. The van der Waals surface area contributed by atoms with E-state index in [9.17, 15) is 9.59 Å². The fourth-order valence-corrected chi connectivity index (χ4v) is 4.40. The standard InChI is InChI=1S/C16H20BrNO2/c1-3-16(4-2)13-6-5-10(17)7-14(13)18(15(16)20)11-8-12(19)9-11/h5,7,11,13H,3-4,6,8-9H2,1-2H3. The highest BCUT2D eigenvalue weighted by Gasteiger charge is 2.57. The van der Waals surface area contributed by atoms with Crippen LogP contribution in [0.4, 0.5) is 0 Å². The van der Waals surface area contributed by atoms with Gasteiger partial charge in [-0.15, -0.1) is 0 Å². The molecular weight excluding hydrogens is 318 g/mol. The van der Waals surface area contributed by atoms with Crippen LogP contribution in [-0.2, 0) is 9.59 Å². The number of nitrogens with zero attached hydrogens (tertiary/aromatic N) is 1. The van der Waals surface area contributed by atoms with Crippen molar-refractivity contribution >= 4 is 27.6 Å². The smallest absolute Gasteiger partial charge is 0.233 e. The predicted octanol–water partition coefficient (Wildman–Crippen LogP) is 3.55. The van der Waals surface area contributed by atoms with Gasteiger partial charge in [-0.2, -0.15) is 0 Å². The molecule has 2 aliphatic carbocycles. The molecule has 108 valence electrons. The number of allylic oxidation sites excluding steroid dienone is 4. The number of halogens is 1. The Morgan fingerprint density at radius 3 is 2.50 bits per heavy atom. The van der Waals surface area contributed by atoms with Gasteiger partial charge in [0.1, 0.15) is 5.78 Å². The first-order valence-corrected chi connectivity index (χ1v) is 8.25. The molecule has 2 fully saturated rings. The maximum atomic E-state index is 13.0. The van der Waals surface area contributed by atoms with Gasteiger partial charge in [-0.3, -0.25) is 9.59 Å². The van der Waals surface area contributed by atoms with Gasteiger partial charge in [0.2, 0.25) is 5.91 Å². The van der Waals surface area contributed by atoms with Crippen LogP contribution in [0.15, 0.2) is 22.3 Å². The van der Waals surface area contributed by atoms with E-state index >= 15 is 0 Å². The number of carbonyl (C=O) groups is 2. The number of rotatable bonds is 3.